The Morgan fingerprint density at radius 2 is 1.71 bits per heavy atom. The predicted molar refractivity (Wildman–Crippen MR) is 170 cm³/mol. The van der Waals surface area contributed by atoms with Gasteiger partial charge in [-0.25, -0.2) is 4.98 Å². The highest BCUT2D eigenvalue weighted by Gasteiger charge is 2.39. The van der Waals surface area contributed by atoms with Crippen LogP contribution in [0.25, 0.3) is 11.1 Å². The summed E-state index contributed by atoms with van der Waals surface area (Å²) in [4.78, 5) is 27.7. The number of amides is 1. The molecule has 0 radical (unpaired) electrons. The first kappa shape index (κ1) is 32.7. The number of nitrogens with one attached hydrogen (secondary N) is 1. The summed E-state index contributed by atoms with van der Waals surface area (Å²) in [7, 11) is 0. The van der Waals surface area contributed by atoms with Gasteiger partial charge in [-0.15, -0.1) is 0 Å². The van der Waals surface area contributed by atoms with Gasteiger partial charge in [0.2, 0.25) is 0 Å². The van der Waals surface area contributed by atoms with Crippen LogP contribution in [-0.2, 0) is 43.5 Å². The molecule has 1 aliphatic heterocycles. The maximum absolute atomic E-state index is 12.4. The van der Waals surface area contributed by atoms with Gasteiger partial charge in [-0.1, -0.05) is 103 Å². The molecule has 5 unspecified atom stereocenters. The number of aliphatic hydroxyl groups excluding tert-OH is 1. The van der Waals surface area contributed by atoms with Crippen molar-refractivity contribution < 1.29 is 28.9 Å². The summed E-state index contributed by atoms with van der Waals surface area (Å²) in [6.45, 7) is 5.55. The van der Waals surface area contributed by atoms with E-state index in [1.54, 1.807) is 10.9 Å². The second-order valence-corrected chi connectivity index (χ2v) is 11.8. The largest absolute Gasteiger partial charge is 0.453 e. The third kappa shape index (κ3) is 7.74. The molecular weight excluding hydrogens is 617 g/mol. The highest BCUT2D eigenvalue weighted by atomic mass is 35.5. The smallest absolute Gasteiger partial charge is 0.303 e. The fourth-order valence-electron chi connectivity index (χ4n) is 5.40. The lowest BCUT2D eigenvalue weighted by molar-refractivity contribution is -0.276. The molecule has 1 fully saturated rings. The van der Waals surface area contributed by atoms with Crippen LogP contribution in [0, 0.1) is 5.92 Å². The average molecular weight is 653 g/mol. The van der Waals surface area contributed by atoms with Crippen LogP contribution in [0.5, 0.6) is 0 Å². The minimum atomic E-state index is -0.880. The van der Waals surface area contributed by atoms with Gasteiger partial charge in [0.1, 0.15) is 5.15 Å². The number of aromatic nitrogens is 2. The zero-order chi connectivity index (χ0) is 32.1. The molecule has 1 amide bonds. The van der Waals surface area contributed by atoms with Crippen LogP contribution >= 0.6 is 23.2 Å². The highest BCUT2D eigenvalue weighted by Crippen LogP contribution is 2.42. The van der Waals surface area contributed by atoms with Crippen molar-refractivity contribution >= 4 is 35.1 Å². The fourth-order valence-corrected chi connectivity index (χ4v) is 5.71. The topological polar surface area (TPSA) is 112 Å². The molecule has 2 heterocycles. The number of esters is 1. The van der Waals surface area contributed by atoms with E-state index in [-0.39, 0.29) is 42.3 Å². The maximum Gasteiger partial charge on any atom is 0.303 e. The van der Waals surface area contributed by atoms with Crippen LogP contribution in [0.3, 0.4) is 0 Å². The van der Waals surface area contributed by atoms with Crippen molar-refractivity contribution in [3.8, 4) is 11.1 Å². The summed E-state index contributed by atoms with van der Waals surface area (Å²) in [5.41, 5.74) is 5.45. The number of imidazole rings is 1. The van der Waals surface area contributed by atoms with Gasteiger partial charge in [-0.05, 0) is 34.7 Å². The van der Waals surface area contributed by atoms with E-state index in [2.05, 4.69) is 17.2 Å². The Balaban J connectivity index is 1.37. The number of halogens is 2. The van der Waals surface area contributed by atoms with E-state index < -0.39 is 18.4 Å². The number of benzene rings is 3. The normalized spacial score (nSPS) is 20.4. The van der Waals surface area contributed by atoms with Crippen LogP contribution < -0.4 is 5.32 Å². The molecule has 236 valence electrons. The third-order valence-corrected chi connectivity index (χ3v) is 8.68. The molecule has 1 saturated heterocycles. The minimum absolute atomic E-state index is 0.0368. The second-order valence-electron chi connectivity index (χ2n) is 11.0. The van der Waals surface area contributed by atoms with Crippen LogP contribution in [0.4, 0.5) is 0 Å². The van der Waals surface area contributed by atoms with Crippen LogP contribution in [0.15, 0.2) is 79.1 Å². The number of ether oxygens (including phenoxy) is 3. The number of hydrogen-bond donors (Lipinski definition) is 2. The lowest BCUT2D eigenvalue weighted by atomic mass is 9.90. The van der Waals surface area contributed by atoms with Gasteiger partial charge in [-0.2, -0.15) is 0 Å². The first-order valence-corrected chi connectivity index (χ1v) is 15.4. The Bertz CT molecular complexity index is 1630. The van der Waals surface area contributed by atoms with Gasteiger partial charge < -0.3 is 29.2 Å². The van der Waals surface area contributed by atoms with E-state index in [1.165, 1.54) is 13.8 Å². The SMILES string of the molecule is CC(=O)OC(C)C(=O)NCc1ccccc1-c1ccc(C2OC(Cn3cnc(Cl)c3Cl)C(C)C(c3ccc(CO)cc3)O2)cc1. The van der Waals surface area contributed by atoms with Gasteiger partial charge in [0.25, 0.3) is 5.91 Å². The molecule has 0 spiro atoms. The van der Waals surface area contributed by atoms with Crippen molar-refractivity contribution in [1.29, 1.82) is 0 Å². The van der Waals surface area contributed by atoms with E-state index >= 15 is 0 Å². The maximum atomic E-state index is 12.4. The second kappa shape index (κ2) is 14.6. The van der Waals surface area contributed by atoms with Gasteiger partial charge >= 0.3 is 5.97 Å². The predicted octanol–water partition coefficient (Wildman–Crippen LogP) is 6.41. The van der Waals surface area contributed by atoms with E-state index in [9.17, 15) is 14.7 Å². The van der Waals surface area contributed by atoms with E-state index in [0.717, 1.165) is 33.4 Å². The molecule has 0 bridgehead atoms. The fraction of sp³-hybridized carbons (Fsp3) is 0.324. The Kier molecular flexibility index (Phi) is 10.6. The van der Waals surface area contributed by atoms with Crippen molar-refractivity contribution in [3.05, 3.63) is 112 Å². The summed E-state index contributed by atoms with van der Waals surface area (Å²) in [6.07, 6.45) is -0.529. The molecule has 11 heteroatoms. The Morgan fingerprint density at radius 1 is 1.02 bits per heavy atom. The third-order valence-electron chi connectivity index (χ3n) is 7.91. The number of carbonyl (C=O) groups is 2. The first-order chi connectivity index (χ1) is 21.6. The summed E-state index contributed by atoms with van der Waals surface area (Å²) in [6, 6.07) is 23.4. The molecular formula is C34H35Cl2N3O6. The standard InChI is InChI=1S/C34H35Cl2N3O6/c1-20-29(17-39-19-38-31(35)32(39)36)44-34(45-30(20)25-10-8-23(18-40)9-11-25)26-14-12-24(13-15-26)28-7-5-4-6-27(28)16-37-33(42)21(2)43-22(3)41/h4-15,19-21,29-30,34,40H,16-18H2,1-3H3,(H,37,42). The number of hydrogen-bond acceptors (Lipinski definition) is 7. The van der Waals surface area contributed by atoms with E-state index in [0.29, 0.717) is 11.7 Å². The molecule has 5 atom stereocenters. The van der Waals surface area contributed by atoms with E-state index in [4.69, 9.17) is 37.4 Å². The lowest BCUT2D eigenvalue weighted by Gasteiger charge is -2.41. The Morgan fingerprint density at radius 3 is 2.36 bits per heavy atom. The van der Waals surface area contributed by atoms with Crippen molar-refractivity contribution in [1.82, 2.24) is 14.9 Å². The van der Waals surface area contributed by atoms with Crippen molar-refractivity contribution in [3.63, 3.8) is 0 Å². The number of rotatable bonds is 10. The molecule has 4 aromatic rings. The Labute approximate surface area is 272 Å². The molecule has 0 saturated carbocycles. The summed E-state index contributed by atoms with van der Waals surface area (Å²) >= 11 is 12.5. The Hall–Kier alpha value is -3.73. The quantitative estimate of drug-likeness (QED) is 0.191. The number of aliphatic hydroxyl groups is 1. The zero-order valence-electron chi connectivity index (χ0n) is 25.2. The van der Waals surface area contributed by atoms with Gasteiger partial charge in [0, 0.05) is 24.9 Å². The molecule has 3 aromatic carbocycles. The van der Waals surface area contributed by atoms with Gasteiger partial charge in [0.05, 0.1) is 31.7 Å². The zero-order valence-corrected chi connectivity index (χ0v) is 26.7. The molecule has 0 aliphatic carbocycles. The summed E-state index contributed by atoms with van der Waals surface area (Å²) in [5.74, 6) is -0.931. The van der Waals surface area contributed by atoms with Crippen molar-refractivity contribution in [2.45, 2.75) is 65.1 Å². The summed E-state index contributed by atoms with van der Waals surface area (Å²) in [5, 5.41) is 13.0. The highest BCUT2D eigenvalue weighted by molar-refractivity contribution is 6.40. The van der Waals surface area contributed by atoms with Crippen LogP contribution in [0.1, 0.15) is 55.4 Å². The lowest BCUT2D eigenvalue weighted by Crippen LogP contribution is -2.39. The molecule has 1 aliphatic rings. The number of carbonyl (C=O) groups excluding carboxylic acids is 2. The summed E-state index contributed by atoms with van der Waals surface area (Å²) < 4.78 is 19.9. The van der Waals surface area contributed by atoms with Crippen LogP contribution in [0.2, 0.25) is 10.3 Å². The molecule has 1 aromatic heterocycles. The molecule has 5 rings (SSSR count). The van der Waals surface area contributed by atoms with Gasteiger partial charge in [0.15, 0.2) is 17.5 Å². The van der Waals surface area contributed by atoms with Crippen LogP contribution in [-0.4, -0.2) is 38.7 Å². The molecule has 2 N–H and O–H groups in total. The average Bonchev–Trinajstić information content (AvgIpc) is 3.36. The molecule has 9 nitrogen and oxygen atoms in total. The van der Waals surface area contributed by atoms with Crippen molar-refractivity contribution in [2.24, 2.45) is 5.92 Å². The van der Waals surface area contributed by atoms with Gasteiger partial charge in [-0.3, -0.25) is 9.59 Å². The first-order valence-electron chi connectivity index (χ1n) is 14.6. The minimum Gasteiger partial charge on any atom is -0.453 e. The van der Waals surface area contributed by atoms with E-state index in [1.807, 2.05) is 72.8 Å². The molecule has 45 heavy (non-hydrogen) atoms. The number of nitrogens with zero attached hydrogens (tertiary/aromatic N) is 2. The monoisotopic (exact) mass is 651 g/mol. The van der Waals surface area contributed by atoms with Crippen molar-refractivity contribution in [2.75, 3.05) is 0 Å².